The molecule has 0 amide bonds. The molecule has 0 aromatic rings. The van der Waals surface area contributed by atoms with Crippen LogP contribution in [0, 0.1) is 12.3 Å². The lowest BCUT2D eigenvalue weighted by Crippen LogP contribution is -1.89. The Kier molecular flexibility index (Phi) is 8.59. The lowest BCUT2D eigenvalue weighted by atomic mass is 10.3. The van der Waals surface area contributed by atoms with Crippen molar-refractivity contribution >= 4 is 8.25 Å². The summed E-state index contributed by atoms with van der Waals surface area (Å²) in [5.41, 5.74) is 0. The molecule has 0 aliphatic carbocycles. The Morgan fingerprint density at radius 1 is 1.42 bits per heavy atom. The van der Waals surface area contributed by atoms with Crippen molar-refractivity contribution in [3.8, 4) is 12.3 Å². The summed E-state index contributed by atoms with van der Waals surface area (Å²) in [7, 11) is -2.33. The number of hydrogen-bond donors (Lipinski definition) is 0. The van der Waals surface area contributed by atoms with Gasteiger partial charge < -0.3 is 4.52 Å². The van der Waals surface area contributed by atoms with Crippen LogP contribution in [0.2, 0.25) is 0 Å². The Labute approximate surface area is 74.4 Å². The molecule has 0 bridgehead atoms. The number of hydrogen-bond acceptors (Lipinski definition) is 3. The number of terminal acetylenes is 1. The molecule has 0 fully saturated rings. The van der Waals surface area contributed by atoms with E-state index in [-0.39, 0.29) is 6.61 Å². The Bertz CT molecular complexity index is 162. The highest BCUT2D eigenvalue weighted by molar-refractivity contribution is 7.33. The van der Waals surface area contributed by atoms with Crippen molar-refractivity contribution in [3.63, 3.8) is 0 Å². The molecule has 1 atom stereocenters. The van der Waals surface area contributed by atoms with Gasteiger partial charge >= 0.3 is 8.25 Å². The second kappa shape index (κ2) is 8.80. The molecule has 0 heterocycles. The third-order valence-corrected chi connectivity index (χ3v) is 2.06. The van der Waals surface area contributed by atoms with Crippen molar-refractivity contribution in [3.05, 3.63) is 0 Å². The maximum absolute atomic E-state index is 10.8. The van der Waals surface area contributed by atoms with E-state index in [2.05, 4.69) is 17.4 Å². The van der Waals surface area contributed by atoms with Gasteiger partial charge in [-0.25, -0.2) is 0 Å². The van der Waals surface area contributed by atoms with Crippen molar-refractivity contribution in [2.45, 2.75) is 26.2 Å². The van der Waals surface area contributed by atoms with Crippen molar-refractivity contribution < 1.29 is 13.6 Å². The fourth-order valence-corrected chi connectivity index (χ4v) is 1.25. The first-order chi connectivity index (χ1) is 5.81. The molecule has 3 nitrogen and oxygen atoms in total. The van der Waals surface area contributed by atoms with Crippen molar-refractivity contribution in [1.29, 1.82) is 0 Å². The van der Waals surface area contributed by atoms with Crippen LogP contribution >= 0.6 is 8.25 Å². The zero-order chi connectivity index (χ0) is 9.23. The lowest BCUT2D eigenvalue weighted by molar-refractivity contribution is 0.239. The van der Waals surface area contributed by atoms with Gasteiger partial charge in [-0.15, -0.1) is 6.42 Å². The van der Waals surface area contributed by atoms with Gasteiger partial charge in [-0.05, 0) is 6.42 Å². The van der Waals surface area contributed by atoms with Gasteiger partial charge in [0.25, 0.3) is 0 Å². The molecule has 4 heteroatoms. The highest BCUT2D eigenvalue weighted by atomic mass is 31.1. The molecule has 0 aliphatic heterocycles. The molecule has 0 rings (SSSR count). The maximum atomic E-state index is 10.8. The van der Waals surface area contributed by atoms with E-state index in [4.69, 9.17) is 10.9 Å². The van der Waals surface area contributed by atoms with Gasteiger partial charge in [0, 0.05) is 0 Å². The monoisotopic (exact) mass is 190 g/mol. The first-order valence-electron chi connectivity index (χ1n) is 4.04. The molecule has 0 saturated carbocycles. The predicted octanol–water partition coefficient (Wildman–Crippen LogP) is 2.23. The molecule has 0 saturated heterocycles. The van der Waals surface area contributed by atoms with Gasteiger partial charge in [0.1, 0.15) is 6.61 Å². The molecule has 0 aromatic carbocycles. The fraction of sp³-hybridized carbons (Fsp3) is 0.750. The molecule has 70 valence electrons. The standard InChI is InChI=1S/C8H15O3P/c1-3-5-6-8-11-12(9)10-7-4-2/h2,12H,3,5-8H2,1H3. The average Bonchev–Trinajstić information content (AvgIpc) is 2.09. The van der Waals surface area contributed by atoms with Crippen LogP contribution in [0.3, 0.4) is 0 Å². The van der Waals surface area contributed by atoms with E-state index in [1.54, 1.807) is 0 Å². The smallest absolute Gasteiger partial charge is 0.311 e. The normalized spacial score (nSPS) is 12.3. The molecular formula is C8H15O3P. The van der Waals surface area contributed by atoms with E-state index in [1.807, 2.05) is 0 Å². The second-order valence-corrected chi connectivity index (χ2v) is 3.38. The molecule has 0 aromatic heterocycles. The van der Waals surface area contributed by atoms with Crippen molar-refractivity contribution in [2.75, 3.05) is 13.2 Å². The minimum atomic E-state index is -2.33. The van der Waals surface area contributed by atoms with E-state index in [0.717, 1.165) is 19.3 Å². The van der Waals surface area contributed by atoms with Crippen LogP contribution in [0.5, 0.6) is 0 Å². The third kappa shape index (κ3) is 7.81. The van der Waals surface area contributed by atoms with E-state index >= 15 is 0 Å². The summed E-state index contributed by atoms with van der Waals surface area (Å²) in [5, 5.41) is 0. The summed E-state index contributed by atoms with van der Waals surface area (Å²) in [4.78, 5) is 0. The zero-order valence-electron chi connectivity index (χ0n) is 7.34. The lowest BCUT2D eigenvalue weighted by Gasteiger charge is -2.01. The summed E-state index contributed by atoms with van der Waals surface area (Å²) < 4.78 is 20.3. The van der Waals surface area contributed by atoms with E-state index < -0.39 is 8.25 Å². The van der Waals surface area contributed by atoms with Gasteiger partial charge in [0.15, 0.2) is 0 Å². The summed E-state index contributed by atoms with van der Waals surface area (Å²) in [6.07, 6.45) is 8.03. The first kappa shape index (κ1) is 11.7. The Morgan fingerprint density at radius 3 is 2.75 bits per heavy atom. The highest BCUT2D eigenvalue weighted by Gasteiger charge is 1.96. The van der Waals surface area contributed by atoms with Crippen LogP contribution in [0.25, 0.3) is 0 Å². The van der Waals surface area contributed by atoms with Gasteiger partial charge in [-0.3, -0.25) is 9.09 Å². The van der Waals surface area contributed by atoms with Crippen LogP contribution in [0.1, 0.15) is 26.2 Å². The Hall–Kier alpha value is -0.290. The molecule has 12 heavy (non-hydrogen) atoms. The first-order valence-corrected chi connectivity index (χ1v) is 5.26. The summed E-state index contributed by atoms with van der Waals surface area (Å²) >= 11 is 0. The topological polar surface area (TPSA) is 35.5 Å². The van der Waals surface area contributed by atoms with Gasteiger partial charge in [0.2, 0.25) is 0 Å². The highest BCUT2D eigenvalue weighted by Crippen LogP contribution is 2.23. The van der Waals surface area contributed by atoms with E-state index in [0.29, 0.717) is 6.61 Å². The van der Waals surface area contributed by atoms with Crippen LogP contribution < -0.4 is 0 Å². The van der Waals surface area contributed by atoms with Crippen molar-refractivity contribution in [2.24, 2.45) is 0 Å². The number of unbranched alkanes of at least 4 members (excludes halogenated alkanes) is 2. The maximum Gasteiger partial charge on any atom is 0.320 e. The van der Waals surface area contributed by atoms with Gasteiger partial charge in [0.05, 0.1) is 6.61 Å². The molecule has 0 N–H and O–H groups in total. The molecule has 0 radical (unpaired) electrons. The summed E-state index contributed by atoms with van der Waals surface area (Å²) in [6.45, 7) is 2.65. The molecule has 0 spiro atoms. The molecule has 0 aliphatic rings. The minimum Gasteiger partial charge on any atom is -0.311 e. The van der Waals surface area contributed by atoms with E-state index in [1.165, 1.54) is 0 Å². The minimum absolute atomic E-state index is 0.0611. The van der Waals surface area contributed by atoms with Crippen LogP contribution in [0.4, 0.5) is 0 Å². The molecule has 1 unspecified atom stereocenters. The zero-order valence-corrected chi connectivity index (χ0v) is 8.34. The third-order valence-electron chi connectivity index (χ3n) is 1.24. The van der Waals surface area contributed by atoms with Gasteiger partial charge in [-0.1, -0.05) is 25.7 Å². The van der Waals surface area contributed by atoms with Crippen LogP contribution in [-0.4, -0.2) is 13.2 Å². The second-order valence-electron chi connectivity index (χ2n) is 2.30. The summed E-state index contributed by atoms with van der Waals surface area (Å²) in [6, 6.07) is 0. The number of rotatable bonds is 7. The Balaban J connectivity index is 3.15. The van der Waals surface area contributed by atoms with Crippen LogP contribution in [-0.2, 0) is 13.6 Å². The van der Waals surface area contributed by atoms with Crippen molar-refractivity contribution in [1.82, 2.24) is 0 Å². The van der Waals surface area contributed by atoms with Gasteiger partial charge in [-0.2, -0.15) is 0 Å². The van der Waals surface area contributed by atoms with Crippen LogP contribution in [0.15, 0.2) is 0 Å². The largest absolute Gasteiger partial charge is 0.320 e. The Morgan fingerprint density at radius 2 is 2.17 bits per heavy atom. The molecular weight excluding hydrogens is 175 g/mol. The quantitative estimate of drug-likeness (QED) is 0.351. The summed E-state index contributed by atoms with van der Waals surface area (Å²) in [5.74, 6) is 2.22. The predicted molar refractivity (Wildman–Crippen MR) is 49.3 cm³/mol. The van der Waals surface area contributed by atoms with E-state index in [9.17, 15) is 4.57 Å². The SMILES string of the molecule is C#CCO[PH](=O)OCCCCC. The average molecular weight is 190 g/mol. The fourth-order valence-electron chi connectivity index (χ4n) is 0.650.